The molecule has 5 heteroatoms. The highest BCUT2D eigenvalue weighted by molar-refractivity contribution is 5.37. The Balaban J connectivity index is 1.94. The molecule has 2 rings (SSSR count). The van der Waals surface area contributed by atoms with Crippen molar-refractivity contribution in [3.63, 3.8) is 0 Å². The largest absolute Gasteiger partial charge is 0.353 e. The summed E-state index contributed by atoms with van der Waals surface area (Å²) >= 11 is 0. The molecule has 0 unspecified atom stereocenters. The van der Waals surface area contributed by atoms with Gasteiger partial charge in [0.1, 0.15) is 0 Å². The Morgan fingerprint density at radius 3 is 2.56 bits per heavy atom. The highest BCUT2D eigenvalue weighted by Gasteiger charge is 2.17. The third kappa shape index (κ3) is 2.47. The molecule has 1 saturated heterocycles. The molecule has 1 aliphatic heterocycles. The second-order valence-corrected chi connectivity index (χ2v) is 3.95. The van der Waals surface area contributed by atoms with Crippen LogP contribution in [0.4, 0.5) is 5.82 Å². The molecule has 84 valence electrons. The molecule has 0 spiro atoms. The zero-order chi connectivity index (χ0) is 11.4. The minimum absolute atomic E-state index is 0.521. The van der Waals surface area contributed by atoms with Crippen LogP contribution in [-0.2, 0) is 0 Å². The van der Waals surface area contributed by atoms with E-state index in [4.69, 9.17) is 5.26 Å². The van der Waals surface area contributed by atoms with Gasteiger partial charge in [0, 0.05) is 26.2 Å². The molecule has 0 amide bonds. The molecule has 0 aromatic carbocycles. The van der Waals surface area contributed by atoms with Crippen molar-refractivity contribution in [2.24, 2.45) is 0 Å². The maximum Gasteiger partial charge on any atom is 0.151 e. The lowest BCUT2D eigenvalue weighted by Gasteiger charge is -2.33. The lowest BCUT2D eigenvalue weighted by molar-refractivity contribution is 0.286. The molecular formula is C11H15N5. The number of aryl methyl sites for hydroxylation is 1. The Bertz CT molecular complexity index is 372. The van der Waals surface area contributed by atoms with Crippen molar-refractivity contribution in [3.8, 4) is 6.07 Å². The van der Waals surface area contributed by atoms with Crippen LogP contribution in [0.25, 0.3) is 0 Å². The summed E-state index contributed by atoms with van der Waals surface area (Å²) in [5.41, 5.74) is 0.937. The van der Waals surface area contributed by atoms with E-state index in [9.17, 15) is 0 Å². The molecule has 1 aliphatic rings. The van der Waals surface area contributed by atoms with E-state index in [2.05, 4.69) is 26.1 Å². The average Bonchev–Trinajstić information content (AvgIpc) is 2.32. The van der Waals surface area contributed by atoms with Crippen LogP contribution < -0.4 is 4.90 Å². The number of rotatable bonds is 2. The summed E-state index contributed by atoms with van der Waals surface area (Å²) in [6.45, 7) is 6.13. The Kier molecular flexibility index (Phi) is 3.32. The molecule has 16 heavy (non-hydrogen) atoms. The third-order valence-corrected chi connectivity index (χ3v) is 2.77. The molecule has 0 atom stereocenters. The topological polar surface area (TPSA) is 56.0 Å². The number of nitriles is 1. The summed E-state index contributed by atoms with van der Waals surface area (Å²) in [4.78, 5) is 4.36. The van der Waals surface area contributed by atoms with Gasteiger partial charge >= 0.3 is 0 Å². The molecule has 0 saturated carbocycles. The first-order chi connectivity index (χ1) is 7.79. The van der Waals surface area contributed by atoms with Crippen LogP contribution in [0.1, 0.15) is 5.69 Å². The fraction of sp³-hybridized carbons (Fsp3) is 0.545. The summed E-state index contributed by atoms with van der Waals surface area (Å²) < 4.78 is 0. The average molecular weight is 217 g/mol. The van der Waals surface area contributed by atoms with Crippen LogP contribution in [0.15, 0.2) is 12.1 Å². The quantitative estimate of drug-likeness (QED) is 0.672. The molecule has 5 nitrogen and oxygen atoms in total. The maximum absolute atomic E-state index is 8.60. The van der Waals surface area contributed by atoms with Crippen LogP contribution in [0.2, 0.25) is 0 Å². The van der Waals surface area contributed by atoms with Gasteiger partial charge in [0.25, 0.3) is 0 Å². The molecule has 1 aromatic heterocycles. The first kappa shape index (κ1) is 10.8. The van der Waals surface area contributed by atoms with E-state index in [1.165, 1.54) is 0 Å². The van der Waals surface area contributed by atoms with Crippen LogP contribution >= 0.6 is 0 Å². The fourth-order valence-corrected chi connectivity index (χ4v) is 1.80. The van der Waals surface area contributed by atoms with Gasteiger partial charge in [-0.3, -0.25) is 4.90 Å². The molecular weight excluding hydrogens is 202 g/mol. The van der Waals surface area contributed by atoms with Gasteiger partial charge in [0.15, 0.2) is 5.82 Å². The predicted molar refractivity (Wildman–Crippen MR) is 61.0 cm³/mol. The second-order valence-electron chi connectivity index (χ2n) is 3.95. The van der Waals surface area contributed by atoms with Gasteiger partial charge in [-0.1, -0.05) is 0 Å². The maximum atomic E-state index is 8.60. The summed E-state index contributed by atoms with van der Waals surface area (Å²) in [5, 5.41) is 16.8. The van der Waals surface area contributed by atoms with Crippen molar-refractivity contribution in [1.29, 1.82) is 5.26 Å². The molecule has 2 heterocycles. The van der Waals surface area contributed by atoms with Crippen molar-refractivity contribution in [2.45, 2.75) is 6.92 Å². The number of piperazine rings is 1. The zero-order valence-electron chi connectivity index (χ0n) is 9.43. The van der Waals surface area contributed by atoms with Crippen LogP contribution in [0, 0.1) is 18.3 Å². The summed E-state index contributed by atoms with van der Waals surface area (Å²) in [7, 11) is 0. The molecule has 0 radical (unpaired) electrons. The number of nitrogens with zero attached hydrogens (tertiary/aromatic N) is 5. The Hall–Kier alpha value is -1.67. The SMILES string of the molecule is Cc1ccc(N2CCN(CC#N)CC2)nn1. The Morgan fingerprint density at radius 2 is 2.00 bits per heavy atom. The molecule has 0 aliphatic carbocycles. The molecule has 1 aromatic rings. The number of anilines is 1. The van der Waals surface area contributed by atoms with Gasteiger partial charge < -0.3 is 4.90 Å². The van der Waals surface area contributed by atoms with Crippen molar-refractivity contribution in [3.05, 3.63) is 17.8 Å². The van der Waals surface area contributed by atoms with Crippen LogP contribution in [0.3, 0.4) is 0 Å². The normalized spacial score (nSPS) is 17.1. The van der Waals surface area contributed by atoms with E-state index < -0.39 is 0 Å². The van der Waals surface area contributed by atoms with Crippen molar-refractivity contribution < 1.29 is 0 Å². The monoisotopic (exact) mass is 217 g/mol. The Morgan fingerprint density at radius 1 is 1.25 bits per heavy atom. The second kappa shape index (κ2) is 4.90. The number of aromatic nitrogens is 2. The molecule has 1 fully saturated rings. The first-order valence-electron chi connectivity index (χ1n) is 5.44. The molecule has 0 bridgehead atoms. The van der Waals surface area contributed by atoms with E-state index in [-0.39, 0.29) is 0 Å². The lowest BCUT2D eigenvalue weighted by Crippen LogP contribution is -2.46. The van der Waals surface area contributed by atoms with E-state index in [1.807, 2.05) is 19.1 Å². The first-order valence-corrected chi connectivity index (χ1v) is 5.44. The van der Waals surface area contributed by atoms with Gasteiger partial charge in [-0.15, -0.1) is 5.10 Å². The van der Waals surface area contributed by atoms with Crippen LogP contribution in [-0.4, -0.2) is 47.8 Å². The number of hydrogen-bond acceptors (Lipinski definition) is 5. The van der Waals surface area contributed by atoms with Gasteiger partial charge in [-0.05, 0) is 19.1 Å². The van der Waals surface area contributed by atoms with E-state index in [0.29, 0.717) is 6.54 Å². The van der Waals surface area contributed by atoms with E-state index in [0.717, 1.165) is 37.7 Å². The third-order valence-electron chi connectivity index (χ3n) is 2.77. The summed E-state index contributed by atoms with van der Waals surface area (Å²) in [6, 6.07) is 6.16. The van der Waals surface area contributed by atoms with E-state index in [1.54, 1.807) is 0 Å². The number of hydrogen-bond donors (Lipinski definition) is 0. The van der Waals surface area contributed by atoms with Crippen LogP contribution in [0.5, 0.6) is 0 Å². The molecule has 0 N–H and O–H groups in total. The van der Waals surface area contributed by atoms with Gasteiger partial charge in [0.2, 0.25) is 0 Å². The summed E-state index contributed by atoms with van der Waals surface area (Å²) in [5.74, 6) is 0.933. The van der Waals surface area contributed by atoms with Crippen molar-refractivity contribution in [1.82, 2.24) is 15.1 Å². The Labute approximate surface area is 95.3 Å². The minimum atomic E-state index is 0.521. The standard InChI is InChI=1S/C11H15N5/c1-10-2-3-11(14-13-10)16-8-6-15(5-4-12)7-9-16/h2-3H,5-9H2,1H3. The summed E-state index contributed by atoms with van der Waals surface area (Å²) in [6.07, 6.45) is 0. The minimum Gasteiger partial charge on any atom is -0.353 e. The zero-order valence-corrected chi connectivity index (χ0v) is 9.43. The van der Waals surface area contributed by atoms with Gasteiger partial charge in [-0.2, -0.15) is 10.4 Å². The van der Waals surface area contributed by atoms with E-state index >= 15 is 0 Å². The fourth-order valence-electron chi connectivity index (χ4n) is 1.80. The van der Waals surface area contributed by atoms with Gasteiger partial charge in [0.05, 0.1) is 18.3 Å². The van der Waals surface area contributed by atoms with Crippen molar-refractivity contribution in [2.75, 3.05) is 37.6 Å². The van der Waals surface area contributed by atoms with Crippen molar-refractivity contribution >= 4 is 5.82 Å². The lowest BCUT2D eigenvalue weighted by atomic mass is 10.3. The highest BCUT2D eigenvalue weighted by atomic mass is 15.3. The predicted octanol–water partition coefficient (Wildman–Crippen LogP) is 0.431. The smallest absolute Gasteiger partial charge is 0.151 e. The highest BCUT2D eigenvalue weighted by Crippen LogP contribution is 2.12. The van der Waals surface area contributed by atoms with Gasteiger partial charge in [-0.25, -0.2) is 0 Å².